The molecular formula is C27H27ClF3N7O2S. The Morgan fingerprint density at radius 3 is 2.66 bits per heavy atom. The normalized spacial score (nSPS) is 25.0. The lowest BCUT2D eigenvalue weighted by molar-refractivity contribution is 0.0374. The quantitative estimate of drug-likeness (QED) is 0.349. The van der Waals surface area contributed by atoms with Crippen LogP contribution in [0.4, 0.5) is 24.1 Å². The van der Waals surface area contributed by atoms with Crippen LogP contribution in [0.3, 0.4) is 0 Å². The molecule has 0 aliphatic carbocycles. The first kappa shape index (κ1) is 26.9. The van der Waals surface area contributed by atoms with Gasteiger partial charge in [0, 0.05) is 54.3 Å². The fourth-order valence-electron chi connectivity index (χ4n) is 6.06. The molecule has 0 saturated carbocycles. The number of morpholine rings is 1. The molecule has 0 amide bonds. The van der Waals surface area contributed by atoms with Gasteiger partial charge in [0.1, 0.15) is 29.9 Å². The summed E-state index contributed by atoms with van der Waals surface area (Å²) in [4.78, 5) is 17.4. The first-order valence-electron chi connectivity index (χ1n) is 13.4. The molecule has 3 fully saturated rings. The fraction of sp³-hybridized carbons (Fsp3) is 0.444. The Morgan fingerprint density at radius 2 is 1.93 bits per heavy atom. The molecule has 216 valence electrons. The van der Waals surface area contributed by atoms with Crippen molar-refractivity contribution >= 4 is 55.0 Å². The van der Waals surface area contributed by atoms with Gasteiger partial charge >= 0.3 is 6.01 Å². The summed E-state index contributed by atoms with van der Waals surface area (Å²) in [5, 5.41) is 4.21. The molecule has 3 aliphatic rings. The molecule has 14 heteroatoms. The Morgan fingerprint density at radius 1 is 1.15 bits per heavy atom. The van der Waals surface area contributed by atoms with Gasteiger partial charge in [0.05, 0.1) is 28.5 Å². The van der Waals surface area contributed by atoms with Crippen molar-refractivity contribution in [3.8, 4) is 17.1 Å². The fourth-order valence-corrected chi connectivity index (χ4v) is 7.11. The summed E-state index contributed by atoms with van der Waals surface area (Å²) in [7, 11) is 1.84. The van der Waals surface area contributed by atoms with Gasteiger partial charge in [-0.2, -0.15) is 9.97 Å². The van der Waals surface area contributed by atoms with Crippen LogP contribution in [-0.2, 0) is 4.74 Å². The van der Waals surface area contributed by atoms with Gasteiger partial charge in [-0.3, -0.25) is 4.90 Å². The zero-order valence-electron chi connectivity index (χ0n) is 22.0. The van der Waals surface area contributed by atoms with Crippen LogP contribution in [0.1, 0.15) is 6.42 Å². The Balaban J connectivity index is 1.36. The topological polar surface area (TPSA) is 102 Å². The van der Waals surface area contributed by atoms with Crippen LogP contribution in [0.5, 0.6) is 6.01 Å². The van der Waals surface area contributed by atoms with Crippen LogP contribution in [0.2, 0.25) is 5.02 Å². The standard InChI is InChI=1S/C27H27ClF3N7O2S/c1-37-6-12(29)4-15(37)11-40-27-35-22-17(25(36-27)38-7-13-9-39-10-14(8-38)33-13)5-18(28)20(21(22)31)16-2-3-19(30)24-23(16)34-26(32)41-24/h2-3,5,12-15,33H,4,6-11H2,1H3,(H2,32,34)/t12-,13-,14+,15+/m1/s1. The number of benzene rings is 2. The maximum absolute atomic E-state index is 16.6. The molecule has 4 aromatic rings. The van der Waals surface area contributed by atoms with E-state index in [2.05, 4.69) is 20.2 Å². The number of fused-ring (bicyclic) bond motifs is 4. The van der Waals surface area contributed by atoms with Gasteiger partial charge in [0.2, 0.25) is 0 Å². The molecular weight excluding hydrogens is 579 g/mol. The highest BCUT2D eigenvalue weighted by Crippen LogP contribution is 2.43. The van der Waals surface area contributed by atoms with Crippen molar-refractivity contribution in [2.45, 2.75) is 30.7 Å². The van der Waals surface area contributed by atoms with Gasteiger partial charge in [0.25, 0.3) is 0 Å². The lowest BCUT2D eigenvalue weighted by Gasteiger charge is -2.43. The average Bonchev–Trinajstić information content (AvgIpc) is 3.49. The molecule has 5 heterocycles. The second kappa shape index (κ2) is 10.4. The average molecular weight is 606 g/mol. The summed E-state index contributed by atoms with van der Waals surface area (Å²) in [5.74, 6) is -0.724. The summed E-state index contributed by atoms with van der Waals surface area (Å²) in [5.41, 5.74) is 6.43. The number of halogens is 4. The predicted octanol–water partition coefficient (Wildman–Crippen LogP) is 4.02. The number of alkyl halides is 1. The number of hydrogen-bond donors (Lipinski definition) is 2. The number of rotatable bonds is 5. The number of thiazole rings is 1. The van der Waals surface area contributed by atoms with E-state index in [1.54, 1.807) is 6.07 Å². The largest absolute Gasteiger partial charge is 0.462 e. The van der Waals surface area contributed by atoms with Crippen LogP contribution in [0, 0.1) is 11.6 Å². The SMILES string of the molecule is CN1C[C@H](F)C[C@H]1COc1nc(N2C[C@H]3COC[C@@H](C2)N3)c2cc(Cl)c(-c3ccc(F)c4sc(N)nc34)c(F)c2n1. The van der Waals surface area contributed by atoms with E-state index in [1.165, 1.54) is 12.1 Å². The third-order valence-corrected chi connectivity index (χ3v) is 9.15. The minimum absolute atomic E-state index is 0.00756. The highest BCUT2D eigenvalue weighted by molar-refractivity contribution is 7.22. The van der Waals surface area contributed by atoms with Crippen molar-refractivity contribution in [2.24, 2.45) is 0 Å². The number of nitrogen functional groups attached to an aromatic ring is 1. The second-order valence-electron chi connectivity index (χ2n) is 10.8. The van der Waals surface area contributed by atoms with E-state index in [4.69, 9.17) is 31.8 Å². The highest BCUT2D eigenvalue weighted by Gasteiger charge is 2.34. The number of hydrogen-bond acceptors (Lipinski definition) is 10. The van der Waals surface area contributed by atoms with Crippen LogP contribution in [0.25, 0.3) is 32.2 Å². The molecule has 2 aromatic heterocycles. The number of anilines is 2. The monoisotopic (exact) mass is 605 g/mol. The lowest BCUT2D eigenvalue weighted by atomic mass is 10.0. The molecule has 2 bridgehead atoms. The van der Waals surface area contributed by atoms with Gasteiger partial charge in [-0.25, -0.2) is 18.2 Å². The zero-order valence-corrected chi connectivity index (χ0v) is 23.6. The van der Waals surface area contributed by atoms with Crippen molar-refractivity contribution in [1.82, 2.24) is 25.2 Å². The van der Waals surface area contributed by atoms with Gasteiger partial charge in [0.15, 0.2) is 10.9 Å². The second-order valence-corrected chi connectivity index (χ2v) is 12.3. The molecule has 4 atom stereocenters. The molecule has 9 nitrogen and oxygen atoms in total. The van der Waals surface area contributed by atoms with E-state index in [-0.39, 0.29) is 62.2 Å². The molecule has 3 N–H and O–H groups in total. The van der Waals surface area contributed by atoms with E-state index in [0.717, 1.165) is 11.3 Å². The predicted molar refractivity (Wildman–Crippen MR) is 153 cm³/mol. The van der Waals surface area contributed by atoms with Crippen molar-refractivity contribution < 1.29 is 22.6 Å². The lowest BCUT2D eigenvalue weighted by Crippen LogP contribution is -2.63. The minimum Gasteiger partial charge on any atom is -0.462 e. The molecule has 0 unspecified atom stereocenters. The maximum Gasteiger partial charge on any atom is 0.319 e. The van der Waals surface area contributed by atoms with Crippen LogP contribution in [0.15, 0.2) is 18.2 Å². The number of piperazine rings is 1. The highest BCUT2D eigenvalue weighted by atomic mass is 35.5. The third kappa shape index (κ3) is 4.83. The van der Waals surface area contributed by atoms with E-state index in [1.807, 2.05) is 11.9 Å². The van der Waals surface area contributed by atoms with Crippen molar-refractivity contribution in [3.05, 3.63) is 34.9 Å². The molecule has 7 rings (SSSR count). The van der Waals surface area contributed by atoms with Gasteiger partial charge in [-0.05, 0) is 31.7 Å². The molecule has 2 aromatic carbocycles. The smallest absolute Gasteiger partial charge is 0.319 e. The number of nitrogens with two attached hydrogens (primary N) is 1. The molecule has 41 heavy (non-hydrogen) atoms. The number of nitrogens with zero attached hydrogens (tertiary/aromatic N) is 5. The van der Waals surface area contributed by atoms with Crippen LogP contribution in [-0.4, -0.2) is 90.7 Å². The van der Waals surface area contributed by atoms with Crippen LogP contribution < -0.4 is 20.7 Å². The van der Waals surface area contributed by atoms with E-state index in [0.29, 0.717) is 56.0 Å². The Bertz CT molecular complexity index is 1650. The van der Waals surface area contributed by atoms with Crippen LogP contribution >= 0.6 is 22.9 Å². The summed E-state index contributed by atoms with van der Waals surface area (Å²) in [6, 6.07) is 4.29. The Hall–Kier alpha value is -2.97. The first-order valence-corrected chi connectivity index (χ1v) is 14.5. The van der Waals surface area contributed by atoms with E-state index >= 15 is 4.39 Å². The molecule has 3 aliphatic heterocycles. The van der Waals surface area contributed by atoms with Crippen molar-refractivity contribution in [1.29, 1.82) is 0 Å². The summed E-state index contributed by atoms with van der Waals surface area (Å²) in [6.07, 6.45) is -0.595. The molecule has 0 radical (unpaired) electrons. The number of nitrogens with one attached hydrogen (secondary N) is 1. The number of aromatic nitrogens is 3. The first-order chi connectivity index (χ1) is 19.7. The Labute approximate surface area is 242 Å². The molecule has 3 saturated heterocycles. The van der Waals surface area contributed by atoms with Gasteiger partial charge in [-0.15, -0.1) is 0 Å². The minimum atomic E-state index is -0.932. The van der Waals surface area contributed by atoms with Gasteiger partial charge in [-0.1, -0.05) is 22.9 Å². The Kier molecular flexibility index (Phi) is 6.81. The third-order valence-electron chi connectivity index (χ3n) is 7.96. The number of ether oxygens (including phenoxy) is 2. The maximum atomic E-state index is 16.6. The number of likely N-dealkylation sites (tertiary alicyclic amines) is 1. The summed E-state index contributed by atoms with van der Waals surface area (Å²) >= 11 is 7.73. The van der Waals surface area contributed by atoms with Gasteiger partial charge < -0.3 is 25.4 Å². The van der Waals surface area contributed by atoms with Crippen molar-refractivity contribution in [2.75, 3.05) is 57.1 Å². The summed E-state index contributed by atoms with van der Waals surface area (Å²) < 4.78 is 57.0. The zero-order chi connectivity index (χ0) is 28.4. The van der Waals surface area contributed by atoms with Crippen molar-refractivity contribution in [3.63, 3.8) is 0 Å². The molecule has 0 spiro atoms. The van der Waals surface area contributed by atoms with E-state index in [9.17, 15) is 8.78 Å². The summed E-state index contributed by atoms with van der Waals surface area (Å²) in [6.45, 7) is 2.74. The number of likely N-dealkylation sites (N-methyl/N-ethyl adjacent to an activating group) is 1. The van der Waals surface area contributed by atoms with E-state index < -0.39 is 17.8 Å².